The summed E-state index contributed by atoms with van der Waals surface area (Å²) < 4.78 is 9.74. The molecular weight excluding hydrogens is 596 g/mol. The van der Waals surface area contributed by atoms with Crippen LogP contribution >= 0.6 is 0 Å². The highest BCUT2D eigenvalue weighted by molar-refractivity contribution is 6.12. The molecule has 0 saturated heterocycles. The van der Waals surface area contributed by atoms with Crippen molar-refractivity contribution in [3.63, 3.8) is 0 Å². The number of esters is 3. The van der Waals surface area contributed by atoms with E-state index in [0.717, 1.165) is 37.3 Å². The summed E-state index contributed by atoms with van der Waals surface area (Å²) in [5.41, 5.74) is 0.626. The van der Waals surface area contributed by atoms with Crippen LogP contribution in [0.4, 0.5) is 0 Å². The highest BCUT2D eigenvalue weighted by Gasteiger charge is 2.36. The Morgan fingerprint density at radius 3 is 2.02 bits per heavy atom. The third kappa shape index (κ3) is 13.7. The minimum Gasteiger partial charge on any atom is -0.478 e. The quantitative estimate of drug-likeness (QED) is 0.0595. The van der Waals surface area contributed by atoms with Crippen LogP contribution < -0.4 is 0 Å². The van der Waals surface area contributed by atoms with Crippen LogP contribution in [-0.4, -0.2) is 74.5 Å². The number of hydrogen-bond acceptors (Lipinski definition) is 10. The lowest BCUT2D eigenvalue weighted by Crippen LogP contribution is -2.36. The number of Topliss-reactive ketones (excluding diaryl/α,β-unsaturated/α-hetero) is 1. The second kappa shape index (κ2) is 19.5. The second-order valence-electron chi connectivity index (χ2n) is 13.1. The van der Waals surface area contributed by atoms with Crippen molar-refractivity contribution in [3.05, 3.63) is 34.9 Å². The van der Waals surface area contributed by atoms with E-state index in [9.17, 15) is 39.3 Å². The van der Waals surface area contributed by atoms with Gasteiger partial charge >= 0.3 is 23.9 Å². The van der Waals surface area contributed by atoms with Gasteiger partial charge in [-0.15, -0.1) is 0 Å². The van der Waals surface area contributed by atoms with Crippen LogP contribution in [0.15, 0.2) is 34.9 Å². The number of cyclic esters (lactones) is 2. The summed E-state index contributed by atoms with van der Waals surface area (Å²) in [6, 6.07) is 0. The molecule has 0 radical (unpaired) electrons. The first kappa shape index (κ1) is 40.9. The summed E-state index contributed by atoms with van der Waals surface area (Å²) in [6.45, 7) is 14.5. The fourth-order valence-electron chi connectivity index (χ4n) is 5.74. The molecule has 0 fully saturated rings. The Labute approximate surface area is 272 Å². The molecule has 4 N–H and O–H groups in total. The first-order valence-electron chi connectivity index (χ1n) is 16.2. The van der Waals surface area contributed by atoms with Gasteiger partial charge in [0.25, 0.3) is 0 Å². The number of rotatable bonds is 21. The topological polar surface area (TPSA) is 185 Å². The van der Waals surface area contributed by atoms with E-state index in [-0.39, 0.29) is 29.3 Å². The Hall–Kier alpha value is -3.15. The zero-order valence-electron chi connectivity index (χ0n) is 28.5. The van der Waals surface area contributed by atoms with E-state index in [0.29, 0.717) is 18.3 Å². The van der Waals surface area contributed by atoms with E-state index in [4.69, 9.17) is 9.84 Å². The molecule has 0 aromatic carbocycles. The highest BCUT2D eigenvalue weighted by atomic mass is 16.6. The Bertz CT molecular complexity index is 1170. The van der Waals surface area contributed by atoms with Crippen molar-refractivity contribution in [1.82, 2.24) is 0 Å². The monoisotopic (exact) mass is 650 g/mol. The maximum absolute atomic E-state index is 12.9. The number of aliphatic hydroxyl groups excluding tert-OH is 3. The molecule has 9 atom stereocenters. The molecule has 0 aromatic rings. The minimum absolute atomic E-state index is 0.0740. The molecule has 0 aliphatic carbocycles. The van der Waals surface area contributed by atoms with Crippen molar-refractivity contribution in [1.29, 1.82) is 0 Å². The van der Waals surface area contributed by atoms with E-state index in [1.54, 1.807) is 19.9 Å². The molecule has 1 unspecified atom stereocenters. The lowest BCUT2D eigenvalue weighted by atomic mass is 9.84. The van der Waals surface area contributed by atoms with Crippen molar-refractivity contribution >= 4 is 29.7 Å². The Morgan fingerprint density at radius 1 is 0.848 bits per heavy atom. The van der Waals surface area contributed by atoms with Gasteiger partial charge < -0.3 is 29.9 Å². The van der Waals surface area contributed by atoms with Crippen LogP contribution in [0.25, 0.3) is 0 Å². The second-order valence-corrected chi connectivity index (χ2v) is 13.1. The van der Waals surface area contributed by atoms with Crippen molar-refractivity contribution < 1.29 is 53.9 Å². The number of allylic oxidation sites excluding steroid dienone is 3. The largest absolute Gasteiger partial charge is 0.478 e. The first-order chi connectivity index (χ1) is 21.4. The normalized spacial score (nSPS) is 20.0. The van der Waals surface area contributed by atoms with E-state index in [1.807, 2.05) is 6.92 Å². The number of aliphatic hydroxyl groups is 3. The van der Waals surface area contributed by atoms with Gasteiger partial charge in [0.1, 0.15) is 11.9 Å². The van der Waals surface area contributed by atoms with Gasteiger partial charge in [-0.05, 0) is 63.7 Å². The lowest BCUT2D eigenvalue weighted by molar-refractivity contribution is -0.154. The molecule has 1 rings (SSSR count). The number of carboxylic acids is 1. The summed E-state index contributed by atoms with van der Waals surface area (Å²) in [5.74, 6) is -4.32. The van der Waals surface area contributed by atoms with Crippen LogP contribution in [0, 0.1) is 29.6 Å². The van der Waals surface area contributed by atoms with Crippen LogP contribution in [-0.2, 0) is 33.4 Å². The van der Waals surface area contributed by atoms with Gasteiger partial charge in [-0.1, -0.05) is 59.3 Å². The van der Waals surface area contributed by atoms with Crippen LogP contribution in [0.1, 0.15) is 100 Å². The number of ether oxygens (including phenoxy) is 2. The first-order valence-corrected chi connectivity index (χ1v) is 16.2. The fraction of sp³-hybridized carbons (Fsp3) is 0.686. The molecule has 1 heterocycles. The number of carboxylic acid groups (broad SMARTS) is 1. The summed E-state index contributed by atoms with van der Waals surface area (Å²) in [4.78, 5) is 59.3. The van der Waals surface area contributed by atoms with Gasteiger partial charge in [-0.3, -0.25) is 9.59 Å². The van der Waals surface area contributed by atoms with Gasteiger partial charge in [0.2, 0.25) is 0 Å². The maximum atomic E-state index is 12.9. The predicted octanol–water partition coefficient (Wildman–Crippen LogP) is 4.47. The molecule has 0 bridgehead atoms. The molecule has 0 aromatic heterocycles. The Balaban J connectivity index is 2.52. The summed E-state index contributed by atoms with van der Waals surface area (Å²) in [5, 5.41) is 40.5. The molecule has 46 heavy (non-hydrogen) atoms. The molecule has 11 heteroatoms. The maximum Gasteiger partial charge on any atom is 0.345 e. The smallest absolute Gasteiger partial charge is 0.345 e. The van der Waals surface area contributed by atoms with E-state index < -0.39 is 66.5 Å². The zero-order chi connectivity index (χ0) is 35.3. The average Bonchev–Trinajstić information content (AvgIpc) is 3.22. The number of hydrogen-bond donors (Lipinski definition) is 4. The number of aliphatic carboxylic acids is 1. The molecule has 0 amide bonds. The predicted molar refractivity (Wildman–Crippen MR) is 171 cm³/mol. The molecule has 0 saturated carbocycles. The van der Waals surface area contributed by atoms with Gasteiger partial charge in [0.15, 0.2) is 0 Å². The zero-order valence-corrected chi connectivity index (χ0v) is 28.5. The van der Waals surface area contributed by atoms with Gasteiger partial charge in [-0.25, -0.2) is 14.4 Å². The van der Waals surface area contributed by atoms with E-state index >= 15 is 0 Å². The summed E-state index contributed by atoms with van der Waals surface area (Å²) in [7, 11) is 0. The van der Waals surface area contributed by atoms with E-state index in [2.05, 4.69) is 31.6 Å². The summed E-state index contributed by atoms with van der Waals surface area (Å²) >= 11 is 0. The average molecular weight is 651 g/mol. The number of carbonyl (C=O) groups is 5. The Kier molecular flexibility index (Phi) is 17.3. The number of carbonyl (C=O) groups excluding carboxylic acids is 4. The van der Waals surface area contributed by atoms with Crippen molar-refractivity contribution in [2.75, 3.05) is 0 Å². The van der Waals surface area contributed by atoms with Crippen molar-refractivity contribution in [3.8, 4) is 0 Å². The number of ketones is 1. The van der Waals surface area contributed by atoms with Crippen molar-refractivity contribution in [2.45, 2.75) is 125 Å². The van der Waals surface area contributed by atoms with Crippen molar-refractivity contribution in [2.24, 2.45) is 29.6 Å². The SMILES string of the molecule is CCC(/C=C/C(=O)O)=C\C(C)C[C@H](C)C[C@@H](C)CC[C@H](O)[C@H](C)C(=O)C[C@@H](O)[C@H](C)[C@@H](C)OC(=O)C[C@@H](O)C1=C(C)C(=O)OC1=O. The van der Waals surface area contributed by atoms with Gasteiger partial charge in [-0.2, -0.15) is 0 Å². The van der Waals surface area contributed by atoms with Crippen LogP contribution in [0.3, 0.4) is 0 Å². The summed E-state index contributed by atoms with van der Waals surface area (Å²) in [6.07, 6.45) is 3.48. The van der Waals surface area contributed by atoms with Crippen LogP contribution in [0.5, 0.6) is 0 Å². The highest BCUT2D eigenvalue weighted by Crippen LogP contribution is 2.27. The van der Waals surface area contributed by atoms with E-state index in [1.165, 1.54) is 13.8 Å². The molecule has 11 nitrogen and oxygen atoms in total. The third-order valence-corrected chi connectivity index (χ3v) is 8.85. The third-order valence-electron chi connectivity index (χ3n) is 8.85. The van der Waals surface area contributed by atoms with Gasteiger partial charge in [0, 0.05) is 29.9 Å². The molecule has 260 valence electrons. The molecular formula is C35H54O11. The minimum atomic E-state index is -1.58. The molecule has 1 aliphatic rings. The molecule has 0 spiro atoms. The van der Waals surface area contributed by atoms with Crippen LogP contribution in [0.2, 0.25) is 0 Å². The molecule has 1 aliphatic heterocycles. The standard InChI is InChI=1S/C35H54O11/c1-9-26(11-13-31(40)41)16-21(4)15-20(3)14-19(2)10-12-27(36)23(6)29(38)17-28(37)22(5)25(8)45-32(42)18-30(39)33-24(7)34(43)46-35(33)44/h11,13,16,19-23,25,27-28,30,36-37,39H,9-10,12,14-15,17-18H2,1-8H3,(H,40,41)/b13-11+,26-16+/t19-,20+,21?,22+,23-,25+,27-,28+,30+/m0/s1. The van der Waals surface area contributed by atoms with Gasteiger partial charge in [0.05, 0.1) is 30.3 Å². The Morgan fingerprint density at radius 2 is 1.48 bits per heavy atom. The lowest BCUT2D eigenvalue weighted by Gasteiger charge is -2.27. The fourth-order valence-corrected chi connectivity index (χ4v) is 5.74.